The lowest BCUT2D eigenvalue weighted by atomic mass is 9.89. The lowest BCUT2D eigenvalue weighted by Crippen LogP contribution is -2.46. The second kappa shape index (κ2) is 7.38. The molecule has 2 nitrogen and oxygen atoms in total. The molecular formula is C15H32N2. The van der Waals surface area contributed by atoms with Gasteiger partial charge in [-0.1, -0.05) is 34.1 Å². The monoisotopic (exact) mass is 240 g/mol. The van der Waals surface area contributed by atoms with Gasteiger partial charge in [-0.15, -0.1) is 0 Å². The molecule has 0 aromatic heterocycles. The Bertz CT molecular complexity index is 191. The van der Waals surface area contributed by atoms with Gasteiger partial charge in [-0.3, -0.25) is 4.90 Å². The largest absolute Gasteiger partial charge is 0.317 e. The Kier molecular flexibility index (Phi) is 6.50. The first-order chi connectivity index (χ1) is 8.02. The summed E-state index contributed by atoms with van der Waals surface area (Å²) in [6.07, 6.45) is 5.50. The van der Waals surface area contributed by atoms with E-state index in [1.165, 1.54) is 38.8 Å². The van der Waals surface area contributed by atoms with Crippen LogP contribution in [0.1, 0.15) is 53.4 Å². The maximum Gasteiger partial charge on any atom is 0.0110 e. The van der Waals surface area contributed by atoms with E-state index in [4.69, 9.17) is 0 Å². The molecule has 102 valence electrons. The van der Waals surface area contributed by atoms with Gasteiger partial charge in [-0.2, -0.15) is 0 Å². The smallest absolute Gasteiger partial charge is 0.0110 e. The van der Waals surface area contributed by atoms with E-state index in [9.17, 15) is 0 Å². The fraction of sp³-hybridized carbons (Fsp3) is 1.00. The summed E-state index contributed by atoms with van der Waals surface area (Å²) in [6.45, 7) is 11.9. The summed E-state index contributed by atoms with van der Waals surface area (Å²) < 4.78 is 0. The van der Waals surface area contributed by atoms with Crippen molar-refractivity contribution in [2.45, 2.75) is 65.5 Å². The van der Waals surface area contributed by atoms with Crippen molar-refractivity contribution in [3.8, 4) is 0 Å². The molecule has 0 aliphatic heterocycles. The van der Waals surface area contributed by atoms with Crippen LogP contribution in [0.15, 0.2) is 0 Å². The van der Waals surface area contributed by atoms with Gasteiger partial charge < -0.3 is 5.32 Å². The molecule has 2 unspecified atom stereocenters. The molecule has 0 heterocycles. The van der Waals surface area contributed by atoms with Crippen LogP contribution >= 0.6 is 0 Å². The second-order valence-electron chi connectivity index (χ2n) is 6.55. The van der Waals surface area contributed by atoms with Crippen LogP contribution in [0.25, 0.3) is 0 Å². The molecule has 0 spiro atoms. The molecule has 1 saturated carbocycles. The van der Waals surface area contributed by atoms with Crippen LogP contribution in [0.3, 0.4) is 0 Å². The zero-order valence-electron chi connectivity index (χ0n) is 12.5. The highest BCUT2D eigenvalue weighted by atomic mass is 15.2. The average molecular weight is 240 g/mol. The van der Waals surface area contributed by atoms with Crippen molar-refractivity contribution in [1.82, 2.24) is 10.2 Å². The first-order valence-corrected chi connectivity index (χ1v) is 7.44. The van der Waals surface area contributed by atoms with Crippen LogP contribution in [0.5, 0.6) is 0 Å². The van der Waals surface area contributed by atoms with E-state index in [0.717, 1.165) is 23.9 Å². The first-order valence-electron chi connectivity index (χ1n) is 7.44. The molecule has 0 bridgehead atoms. The predicted octanol–water partition coefficient (Wildman–Crippen LogP) is 3.13. The maximum atomic E-state index is 3.47. The van der Waals surface area contributed by atoms with E-state index in [0.29, 0.717) is 0 Å². The van der Waals surface area contributed by atoms with Crippen LogP contribution < -0.4 is 5.32 Å². The number of hydrogen-bond acceptors (Lipinski definition) is 2. The highest BCUT2D eigenvalue weighted by molar-refractivity contribution is 4.84. The van der Waals surface area contributed by atoms with E-state index >= 15 is 0 Å². The minimum atomic E-state index is 0.746. The van der Waals surface area contributed by atoms with Crippen molar-refractivity contribution < 1.29 is 0 Å². The van der Waals surface area contributed by atoms with E-state index in [1.807, 2.05) is 0 Å². The Hall–Kier alpha value is -0.0800. The SMILES string of the molecule is CNC1CCCC(N(CC(C)C)CC(C)C)C1. The Morgan fingerprint density at radius 1 is 1.06 bits per heavy atom. The van der Waals surface area contributed by atoms with Crippen LogP contribution in [-0.4, -0.2) is 37.1 Å². The topological polar surface area (TPSA) is 15.3 Å². The molecule has 1 rings (SSSR count). The lowest BCUT2D eigenvalue weighted by molar-refractivity contribution is 0.113. The first kappa shape index (κ1) is 15.0. The minimum absolute atomic E-state index is 0.746. The highest BCUT2D eigenvalue weighted by Crippen LogP contribution is 2.24. The molecule has 1 aliphatic rings. The van der Waals surface area contributed by atoms with E-state index in [2.05, 4.69) is 45.0 Å². The zero-order valence-corrected chi connectivity index (χ0v) is 12.5. The van der Waals surface area contributed by atoms with Crippen molar-refractivity contribution in [2.24, 2.45) is 11.8 Å². The van der Waals surface area contributed by atoms with Gasteiger partial charge >= 0.3 is 0 Å². The molecule has 0 amide bonds. The predicted molar refractivity (Wildman–Crippen MR) is 76.4 cm³/mol. The summed E-state index contributed by atoms with van der Waals surface area (Å²) in [5, 5.41) is 3.47. The summed E-state index contributed by atoms with van der Waals surface area (Å²) in [5.41, 5.74) is 0. The summed E-state index contributed by atoms with van der Waals surface area (Å²) in [7, 11) is 2.11. The molecule has 2 heteroatoms. The number of rotatable bonds is 6. The van der Waals surface area contributed by atoms with Gasteiger partial charge in [0.25, 0.3) is 0 Å². The minimum Gasteiger partial charge on any atom is -0.317 e. The van der Waals surface area contributed by atoms with Crippen LogP contribution in [0.4, 0.5) is 0 Å². The van der Waals surface area contributed by atoms with Crippen LogP contribution in [0.2, 0.25) is 0 Å². The quantitative estimate of drug-likeness (QED) is 0.767. The Balaban J connectivity index is 2.54. The number of nitrogens with zero attached hydrogens (tertiary/aromatic N) is 1. The normalized spacial score (nSPS) is 26.1. The fourth-order valence-corrected chi connectivity index (χ4v) is 3.07. The Labute approximate surface area is 108 Å². The van der Waals surface area contributed by atoms with Gasteiger partial charge in [0.15, 0.2) is 0 Å². The summed E-state index contributed by atoms with van der Waals surface area (Å²) in [5.74, 6) is 1.56. The molecule has 0 saturated heterocycles. The van der Waals surface area contributed by atoms with Crippen molar-refractivity contribution in [3.63, 3.8) is 0 Å². The van der Waals surface area contributed by atoms with Crippen molar-refractivity contribution in [1.29, 1.82) is 0 Å². The molecule has 0 radical (unpaired) electrons. The van der Waals surface area contributed by atoms with Gasteiger partial charge in [0.2, 0.25) is 0 Å². The standard InChI is InChI=1S/C15H32N2/c1-12(2)10-17(11-13(3)4)15-8-6-7-14(9-15)16-5/h12-16H,6-11H2,1-5H3. The second-order valence-corrected chi connectivity index (χ2v) is 6.55. The molecule has 1 aliphatic carbocycles. The Morgan fingerprint density at radius 3 is 2.12 bits per heavy atom. The van der Waals surface area contributed by atoms with Crippen LogP contribution in [-0.2, 0) is 0 Å². The van der Waals surface area contributed by atoms with E-state index < -0.39 is 0 Å². The van der Waals surface area contributed by atoms with Crippen molar-refractivity contribution in [2.75, 3.05) is 20.1 Å². The maximum absolute atomic E-state index is 3.47. The average Bonchev–Trinajstić information content (AvgIpc) is 2.27. The van der Waals surface area contributed by atoms with Crippen LogP contribution in [0, 0.1) is 11.8 Å². The van der Waals surface area contributed by atoms with Gasteiger partial charge in [0.05, 0.1) is 0 Å². The summed E-state index contributed by atoms with van der Waals surface area (Å²) in [4.78, 5) is 2.75. The zero-order chi connectivity index (χ0) is 12.8. The molecule has 17 heavy (non-hydrogen) atoms. The molecule has 0 aromatic rings. The molecule has 1 N–H and O–H groups in total. The van der Waals surface area contributed by atoms with Gasteiger partial charge in [0.1, 0.15) is 0 Å². The summed E-state index contributed by atoms with van der Waals surface area (Å²) >= 11 is 0. The van der Waals surface area contributed by atoms with Gasteiger partial charge in [-0.25, -0.2) is 0 Å². The molecule has 2 atom stereocenters. The third-order valence-electron chi connectivity index (χ3n) is 3.77. The third kappa shape index (κ3) is 5.39. The number of hydrogen-bond donors (Lipinski definition) is 1. The lowest BCUT2D eigenvalue weighted by Gasteiger charge is -2.39. The van der Waals surface area contributed by atoms with E-state index in [1.54, 1.807) is 0 Å². The molecule has 1 fully saturated rings. The number of nitrogens with one attached hydrogen (secondary N) is 1. The van der Waals surface area contributed by atoms with Crippen molar-refractivity contribution >= 4 is 0 Å². The highest BCUT2D eigenvalue weighted by Gasteiger charge is 2.26. The van der Waals surface area contributed by atoms with Crippen molar-refractivity contribution in [3.05, 3.63) is 0 Å². The third-order valence-corrected chi connectivity index (χ3v) is 3.77. The van der Waals surface area contributed by atoms with Gasteiger partial charge in [0, 0.05) is 25.2 Å². The molecular weight excluding hydrogens is 208 g/mol. The van der Waals surface area contributed by atoms with Gasteiger partial charge in [-0.05, 0) is 38.1 Å². The molecule has 0 aromatic carbocycles. The Morgan fingerprint density at radius 2 is 1.65 bits per heavy atom. The fourth-order valence-electron chi connectivity index (χ4n) is 3.07. The summed E-state index contributed by atoms with van der Waals surface area (Å²) in [6, 6.07) is 1.56. The van der Waals surface area contributed by atoms with E-state index in [-0.39, 0.29) is 0 Å².